The van der Waals surface area contributed by atoms with Gasteiger partial charge in [0, 0.05) is 26.2 Å². The number of piperazine rings is 1. The Balaban J connectivity index is 1.89. The molecule has 0 bridgehead atoms. The fraction of sp³-hybridized carbons (Fsp3) is 0.533. The van der Waals surface area contributed by atoms with Gasteiger partial charge in [-0.15, -0.1) is 0 Å². The van der Waals surface area contributed by atoms with Crippen LogP contribution in [0.5, 0.6) is 0 Å². The first kappa shape index (κ1) is 12.6. The van der Waals surface area contributed by atoms with Crippen molar-refractivity contribution in [2.45, 2.75) is 25.3 Å². The monoisotopic (exact) mass is 259 g/mol. The van der Waals surface area contributed by atoms with E-state index in [-0.39, 0.29) is 11.9 Å². The molecule has 0 spiro atoms. The van der Waals surface area contributed by atoms with Crippen LogP contribution in [0.3, 0.4) is 0 Å². The number of nitrogens with zero attached hydrogens (tertiary/aromatic N) is 1. The van der Waals surface area contributed by atoms with E-state index < -0.39 is 0 Å². The van der Waals surface area contributed by atoms with E-state index in [9.17, 15) is 4.79 Å². The van der Waals surface area contributed by atoms with E-state index in [4.69, 9.17) is 5.73 Å². The van der Waals surface area contributed by atoms with Gasteiger partial charge in [-0.05, 0) is 36.0 Å². The lowest BCUT2D eigenvalue weighted by Gasteiger charge is -2.33. The number of carbonyl (C=O) groups is 1. The molecule has 4 nitrogen and oxygen atoms in total. The van der Waals surface area contributed by atoms with Gasteiger partial charge >= 0.3 is 0 Å². The lowest BCUT2D eigenvalue weighted by atomic mass is 9.99. The molecule has 3 N–H and O–H groups in total. The zero-order valence-electron chi connectivity index (χ0n) is 11.2. The average Bonchev–Trinajstić information content (AvgIpc) is 2.87. The van der Waals surface area contributed by atoms with E-state index >= 15 is 0 Å². The third-order valence-corrected chi connectivity index (χ3v) is 4.22. The van der Waals surface area contributed by atoms with E-state index in [1.165, 1.54) is 24.0 Å². The molecule has 0 saturated carbocycles. The number of hydrogen-bond donors (Lipinski definition) is 2. The number of nitrogens with one attached hydrogen (secondary N) is 1. The van der Waals surface area contributed by atoms with Crippen molar-refractivity contribution in [2.24, 2.45) is 5.73 Å². The molecule has 1 aliphatic heterocycles. The van der Waals surface area contributed by atoms with Crippen molar-refractivity contribution >= 4 is 5.91 Å². The summed E-state index contributed by atoms with van der Waals surface area (Å²) in [5.41, 5.74) is 9.55. The molecule has 1 aromatic carbocycles. The second-order valence-electron chi connectivity index (χ2n) is 5.47. The Morgan fingerprint density at radius 2 is 1.95 bits per heavy atom. The quantitative estimate of drug-likeness (QED) is 0.836. The molecule has 3 rings (SSSR count). The van der Waals surface area contributed by atoms with Crippen LogP contribution in [0.4, 0.5) is 0 Å². The summed E-state index contributed by atoms with van der Waals surface area (Å²) >= 11 is 0. The molecule has 19 heavy (non-hydrogen) atoms. The van der Waals surface area contributed by atoms with Crippen LogP contribution in [0, 0.1) is 0 Å². The smallest absolute Gasteiger partial charge is 0.239 e. The Morgan fingerprint density at radius 3 is 2.68 bits per heavy atom. The van der Waals surface area contributed by atoms with Crippen LogP contribution < -0.4 is 11.1 Å². The number of nitrogens with two attached hydrogens (primary N) is 1. The van der Waals surface area contributed by atoms with Gasteiger partial charge in [-0.25, -0.2) is 0 Å². The number of rotatable bonds is 3. The zero-order chi connectivity index (χ0) is 13.2. The highest BCUT2D eigenvalue weighted by molar-refractivity contribution is 5.81. The maximum atomic E-state index is 11.9. The molecule has 1 atom stereocenters. The number of amides is 1. The number of carbonyl (C=O) groups excluding carboxylic acids is 1. The van der Waals surface area contributed by atoms with E-state index in [1.807, 2.05) is 0 Å². The van der Waals surface area contributed by atoms with Gasteiger partial charge in [0.05, 0.1) is 0 Å². The molecule has 1 amide bonds. The number of fused-ring (bicyclic) bond motifs is 1. The third kappa shape index (κ3) is 2.51. The van der Waals surface area contributed by atoms with E-state index in [0.717, 1.165) is 38.2 Å². The van der Waals surface area contributed by atoms with Crippen LogP contribution in [0.25, 0.3) is 0 Å². The Morgan fingerprint density at radius 1 is 1.21 bits per heavy atom. The van der Waals surface area contributed by atoms with Crippen molar-refractivity contribution in [3.63, 3.8) is 0 Å². The van der Waals surface area contributed by atoms with Crippen molar-refractivity contribution in [2.75, 3.05) is 26.2 Å². The molecule has 0 radical (unpaired) electrons. The van der Waals surface area contributed by atoms with Crippen LogP contribution in [-0.4, -0.2) is 37.0 Å². The molecule has 1 aliphatic carbocycles. The first-order valence-corrected chi connectivity index (χ1v) is 7.11. The van der Waals surface area contributed by atoms with Gasteiger partial charge in [-0.3, -0.25) is 9.69 Å². The Labute approximate surface area is 114 Å². The Bertz CT molecular complexity index is 480. The molecule has 1 unspecified atom stereocenters. The highest BCUT2D eigenvalue weighted by atomic mass is 16.1. The third-order valence-electron chi connectivity index (χ3n) is 4.22. The van der Waals surface area contributed by atoms with Crippen LogP contribution in [0.15, 0.2) is 18.2 Å². The van der Waals surface area contributed by atoms with E-state index in [2.05, 4.69) is 28.4 Å². The maximum Gasteiger partial charge on any atom is 0.239 e. The van der Waals surface area contributed by atoms with Crippen LogP contribution in [0.1, 0.15) is 29.2 Å². The van der Waals surface area contributed by atoms with Crippen molar-refractivity contribution in [1.82, 2.24) is 10.2 Å². The average molecular weight is 259 g/mol. The maximum absolute atomic E-state index is 11.9. The number of benzene rings is 1. The van der Waals surface area contributed by atoms with Crippen molar-refractivity contribution in [3.8, 4) is 0 Å². The van der Waals surface area contributed by atoms with Crippen molar-refractivity contribution in [1.29, 1.82) is 0 Å². The summed E-state index contributed by atoms with van der Waals surface area (Å²) in [5.74, 6) is -0.236. The molecule has 1 fully saturated rings. The lowest BCUT2D eigenvalue weighted by Crippen LogP contribution is -2.48. The van der Waals surface area contributed by atoms with Gasteiger partial charge in [0.2, 0.25) is 5.91 Å². The molecule has 1 aromatic rings. The molecule has 2 aliphatic rings. The number of hydrogen-bond acceptors (Lipinski definition) is 3. The van der Waals surface area contributed by atoms with E-state index in [0.29, 0.717) is 0 Å². The minimum atomic E-state index is -0.270. The highest BCUT2D eigenvalue weighted by Gasteiger charge is 2.27. The molecule has 0 aromatic heterocycles. The standard InChI is InChI=1S/C15H21N3O/c16-15(19)14(18-8-6-17-7-9-18)13-5-4-11-2-1-3-12(11)10-13/h4-5,10,14,17H,1-3,6-9H2,(H2,16,19). The van der Waals surface area contributed by atoms with Gasteiger partial charge in [0.25, 0.3) is 0 Å². The predicted octanol–water partition coefficient (Wildman–Crippen LogP) is 0.607. The second-order valence-corrected chi connectivity index (χ2v) is 5.47. The predicted molar refractivity (Wildman–Crippen MR) is 74.8 cm³/mol. The summed E-state index contributed by atoms with van der Waals surface area (Å²) in [5, 5.41) is 3.31. The Hall–Kier alpha value is -1.39. The van der Waals surface area contributed by atoms with E-state index in [1.54, 1.807) is 0 Å². The van der Waals surface area contributed by atoms with Crippen molar-refractivity contribution < 1.29 is 4.79 Å². The first-order chi connectivity index (χ1) is 9.25. The molecular formula is C15H21N3O. The fourth-order valence-electron chi connectivity index (χ4n) is 3.26. The first-order valence-electron chi connectivity index (χ1n) is 7.11. The fourth-order valence-corrected chi connectivity index (χ4v) is 3.26. The normalized spacial score (nSPS) is 21.1. The largest absolute Gasteiger partial charge is 0.368 e. The summed E-state index contributed by atoms with van der Waals surface area (Å²) in [6.45, 7) is 3.61. The Kier molecular flexibility index (Phi) is 3.53. The van der Waals surface area contributed by atoms with Gasteiger partial charge < -0.3 is 11.1 Å². The van der Waals surface area contributed by atoms with Crippen LogP contribution >= 0.6 is 0 Å². The molecular weight excluding hydrogens is 238 g/mol. The minimum absolute atomic E-state index is 0.236. The number of aryl methyl sites for hydroxylation is 2. The topological polar surface area (TPSA) is 58.4 Å². The van der Waals surface area contributed by atoms with Gasteiger partial charge in [-0.1, -0.05) is 18.2 Å². The van der Waals surface area contributed by atoms with Crippen molar-refractivity contribution in [3.05, 3.63) is 34.9 Å². The number of primary amides is 1. The van der Waals surface area contributed by atoms with Crippen LogP contribution in [0.2, 0.25) is 0 Å². The summed E-state index contributed by atoms with van der Waals surface area (Å²) < 4.78 is 0. The molecule has 1 saturated heterocycles. The summed E-state index contributed by atoms with van der Waals surface area (Å²) in [6.07, 6.45) is 3.54. The zero-order valence-corrected chi connectivity index (χ0v) is 11.2. The van der Waals surface area contributed by atoms with Gasteiger partial charge in [0.1, 0.15) is 6.04 Å². The summed E-state index contributed by atoms with van der Waals surface area (Å²) in [4.78, 5) is 14.0. The summed E-state index contributed by atoms with van der Waals surface area (Å²) in [6, 6.07) is 6.19. The second kappa shape index (κ2) is 5.31. The SMILES string of the molecule is NC(=O)C(c1ccc2c(c1)CCC2)N1CCNCC1. The molecule has 4 heteroatoms. The molecule has 1 heterocycles. The summed E-state index contributed by atoms with van der Waals surface area (Å²) in [7, 11) is 0. The van der Waals surface area contributed by atoms with Gasteiger partial charge in [0.15, 0.2) is 0 Å². The minimum Gasteiger partial charge on any atom is -0.368 e. The van der Waals surface area contributed by atoms with Gasteiger partial charge in [-0.2, -0.15) is 0 Å². The lowest BCUT2D eigenvalue weighted by molar-refractivity contribution is -0.123. The van der Waals surface area contributed by atoms with Crippen LogP contribution in [-0.2, 0) is 17.6 Å². The highest BCUT2D eigenvalue weighted by Crippen LogP contribution is 2.28. The molecule has 102 valence electrons.